The second-order valence-corrected chi connectivity index (χ2v) is 10.2. The third kappa shape index (κ3) is 5.28. The van der Waals surface area contributed by atoms with E-state index in [2.05, 4.69) is 17.4 Å². The number of para-hydroxylation sites is 1. The van der Waals surface area contributed by atoms with Crippen LogP contribution in [0.25, 0.3) is 0 Å². The number of esters is 1. The largest absolute Gasteiger partial charge is 0.491 e. The van der Waals surface area contributed by atoms with Crippen LogP contribution in [0.3, 0.4) is 0 Å². The molecule has 5 rings (SSSR count). The lowest BCUT2D eigenvalue weighted by Gasteiger charge is -2.37. The molecule has 0 unspecified atom stereocenters. The third-order valence-electron chi connectivity index (χ3n) is 7.12. The molecule has 1 aliphatic carbocycles. The lowest BCUT2D eigenvalue weighted by atomic mass is 9.71. The maximum absolute atomic E-state index is 13.9. The Morgan fingerprint density at radius 3 is 2.29 bits per heavy atom. The van der Waals surface area contributed by atoms with E-state index in [0.717, 1.165) is 22.4 Å². The van der Waals surface area contributed by atoms with Crippen molar-refractivity contribution in [3.63, 3.8) is 0 Å². The number of carbonyl (C=O) groups excluding carboxylic acids is 2. The van der Waals surface area contributed by atoms with Gasteiger partial charge in [-0.2, -0.15) is 0 Å². The summed E-state index contributed by atoms with van der Waals surface area (Å²) in [5.41, 5.74) is 5.50. The molecule has 5 nitrogen and oxygen atoms in total. The minimum atomic E-state index is -0.575. The van der Waals surface area contributed by atoms with Gasteiger partial charge in [-0.15, -0.1) is 0 Å². The van der Waals surface area contributed by atoms with E-state index in [0.29, 0.717) is 35.4 Å². The van der Waals surface area contributed by atoms with Gasteiger partial charge < -0.3 is 14.8 Å². The molecule has 1 aliphatic heterocycles. The highest BCUT2D eigenvalue weighted by Gasteiger charge is 2.42. The number of nitrogens with one attached hydrogen (secondary N) is 1. The summed E-state index contributed by atoms with van der Waals surface area (Å²) in [5.74, 6) is -0.225. The van der Waals surface area contributed by atoms with Crippen molar-refractivity contribution < 1.29 is 19.1 Å². The summed E-state index contributed by atoms with van der Waals surface area (Å²) in [6.45, 7) is 5.98. The van der Waals surface area contributed by atoms with Crippen LogP contribution < -0.4 is 10.1 Å². The van der Waals surface area contributed by atoms with Crippen molar-refractivity contribution in [2.45, 2.75) is 58.2 Å². The maximum Gasteiger partial charge on any atom is 0.337 e. The molecule has 5 heteroatoms. The van der Waals surface area contributed by atoms with E-state index < -0.39 is 11.9 Å². The van der Waals surface area contributed by atoms with E-state index in [1.54, 1.807) is 0 Å². The SMILES string of the molecule is CC1=C(C(=O)OCc2ccccc2)[C@H](c2ccccc2OC(C)C)C2=C(C[C@H](c3ccccc3)CC2=O)N1. The Morgan fingerprint density at radius 2 is 1.58 bits per heavy atom. The van der Waals surface area contributed by atoms with Crippen LogP contribution in [-0.4, -0.2) is 17.9 Å². The number of carbonyl (C=O) groups is 2. The molecule has 0 amide bonds. The number of hydrogen-bond donors (Lipinski definition) is 1. The van der Waals surface area contributed by atoms with E-state index >= 15 is 0 Å². The zero-order valence-corrected chi connectivity index (χ0v) is 22.1. The van der Waals surface area contributed by atoms with Gasteiger partial charge in [0.25, 0.3) is 0 Å². The van der Waals surface area contributed by atoms with Gasteiger partial charge in [-0.3, -0.25) is 4.79 Å². The molecule has 0 saturated heterocycles. The smallest absolute Gasteiger partial charge is 0.337 e. The van der Waals surface area contributed by atoms with Gasteiger partial charge in [0.15, 0.2) is 5.78 Å². The first-order valence-electron chi connectivity index (χ1n) is 13.2. The van der Waals surface area contributed by atoms with Crippen molar-refractivity contribution in [3.8, 4) is 5.75 Å². The van der Waals surface area contributed by atoms with Gasteiger partial charge in [0.1, 0.15) is 12.4 Å². The number of ether oxygens (including phenoxy) is 2. The second kappa shape index (κ2) is 11.1. The molecule has 0 radical (unpaired) electrons. The van der Waals surface area contributed by atoms with E-state index in [1.807, 2.05) is 93.6 Å². The number of benzene rings is 3. The summed E-state index contributed by atoms with van der Waals surface area (Å²) in [6, 6.07) is 27.4. The van der Waals surface area contributed by atoms with Gasteiger partial charge in [0.2, 0.25) is 0 Å². The zero-order valence-electron chi connectivity index (χ0n) is 22.1. The van der Waals surface area contributed by atoms with E-state index in [9.17, 15) is 9.59 Å². The van der Waals surface area contributed by atoms with E-state index in [1.165, 1.54) is 0 Å². The van der Waals surface area contributed by atoms with E-state index in [4.69, 9.17) is 9.47 Å². The molecule has 1 heterocycles. The van der Waals surface area contributed by atoms with Crippen LogP contribution >= 0.6 is 0 Å². The Labute approximate surface area is 224 Å². The summed E-state index contributed by atoms with van der Waals surface area (Å²) in [5, 5.41) is 3.43. The quantitative estimate of drug-likeness (QED) is 0.366. The molecule has 2 atom stereocenters. The first-order chi connectivity index (χ1) is 18.4. The highest BCUT2D eigenvalue weighted by atomic mass is 16.5. The molecular formula is C33H33NO4. The predicted octanol–water partition coefficient (Wildman–Crippen LogP) is 6.58. The maximum atomic E-state index is 13.9. The van der Waals surface area contributed by atoms with Crippen LogP contribution in [0.2, 0.25) is 0 Å². The lowest BCUT2D eigenvalue weighted by molar-refractivity contribution is -0.140. The number of Topliss-reactive ketones (excluding diaryl/α,β-unsaturated/α-hetero) is 1. The molecule has 0 saturated carbocycles. The molecule has 2 aliphatic rings. The summed E-state index contributed by atoms with van der Waals surface area (Å²) in [7, 11) is 0. The Hall–Kier alpha value is -4.12. The van der Waals surface area contributed by atoms with Crippen molar-refractivity contribution in [1.29, 1.82) is 0 Å². The van der Waals surface area contributed by atoms with Crippen molar-refractivity contribution in [3.05, 3.63) is 124 Å². The van der Waals surface area contributed by atoms with Crippen LogP contribution in [0.5, 0.6) is 5.75 Å². The molecule has 0 aromatic heterocycles. The van der Waals surface area contributed by atoms with E-state index in [-0.39, 0.29) is 24.4 Å². The number of dihydropyridines is 1. The van der Waals surface area contributed by atoms with Gasteiger partial charge in [0, 0.05) is 29.0 Å². The number of hydrogen-bond acceptors (Lipinski definition) is 5. The molecule has 1 N–H and O–H groups in total. The van der Waals surface area contributed by atoms with Crippen molar-refractivity contribution in [1.82, 2.24) is 5.32 Å². The molecule has 3 aromatic carbocycles. The first kappa shape index (κ1) is 25.5. The van der Waals surface area contributed by atoms with Crippen molar-refractivity contribution in [2.24, 2.45) is 0 Å². The Balaban J connectivity index is 1.56. The highest BCUT2D eigenvalue weighted by Crippen LogP contribution is 2.47. The average Bonchev–Trinajstić information content (AvgIpc) is 2.92. The van der Waals surface area contributed by atoms with Crippen LogP contribution in [-0.2, 0) is 20.9 Å². The molecular weight excluding hydrogens is 474 g/mol. The van der Waals surface area contributed by atoms with Gasteiger partial charge in [-0.05, 0) is 50.3 Å². The molecule has 3 aromatic rings. The summed E-state index contributed by atoms with van der Waals surface area (Å²) >= 11 is 0. The standard InChI is InChI=1S/C33H33NO4/c1-21(2)38-29-17-11-10-16-26(29)31-30(33(36)37-20-23-12-6-4-7-13-23)22(3)34-27-18-25(19-28(35)32(27)31)24-14-8-5-9-15-24/h4-17,21,25,31,34H,18-20H2,1-3H3/t25-,31-/m0/s1. The molecule has 0 spiro atoms. The predicted molar refractivity (Wildman–Crippen MR) is 147 cm³/mol. The van der Waals surface area contributed by atoms with Crippen LogP contribution in [0.4, 0.5) is 0 Å². The number of allylic oxidation sites excluding steroid dienone is 3. The molecule has 38 heavy (non-hydrogen) atoms. The van der Waals surface area contributed by atoms with Gasteiger partial charge in [-0.25, -0.2) is 4.79 Å². The minimum Gasteiger partial charge on any atom is -0.491 e. The van der Waals surface area contributed by atoms with Gasteiger partial charge >= 0.3 is 5.97 Å². The van der Waals surface area contributed by atoms with Gasteiger partial charge in [-0.1, -0.05) is 78.9 Å². The first-order valence-corrected chi connectivity index (χ1v) is 13.2. The van der Waals surface area contributed by atoms with Crippen LogP contribution in [0.15, 0.2) is 107 Å². The summed E-state index contributed by atoms with van der Waals surface area (Å²) in [4.78, 5) is 27.5. The zero-order chi connectivity index (χ0) is 26.6. The van der Waals surface area contributed by atoms with Gasteiger partial charge in [0.05, 0.1) is 17.6 Å². The topological polar surface area (TPSA) is 64.6 Å². The highest BCUT2D eigenvalue weighted by molar-refractivity contribution is 6.04. The normalized spacial score (nSPS) is 19.2. The fraction of sp³-hybridized carbons (Fsp3) is 0.273. The summed E-state index contributed by atoms with van der Waals surface area (Å²) < 4.78 is 12.0. The fourth-order valence-corrected chi connectivity index (χ4v) is 5.46. The second-order valence-electron chi connectivity index (χ2n) is 10.2. The Morgan fingerprint density at radius 1 is 0.921 bits per heavy atom. The van der Waals surface area contributed by atoms with Crippen molar-refractivity contribution >= 4 is 11.8 Å². The number of rotatable bonds is 7. The minimum absolute atomic E-state index is 0.0396. The monoisotopic (exact) mass is 507 g/mol. The Kier molecular flexibility index (Phi) is 7.45. The van der Waals surface area contributed by atoms with Crippen LogP contribution in [0, 0.1) is 0 Å². The molecule has 0 bridgehead atoms. The molecule has 0 fully saturated rings. The Bertz CT molecular complexity index is 1390. The fourth-order valence-electron chi connectivity index (χ4n) is 5.46. The molecule has 194 valence electrons. The lowest BCUT2D eigenvalue weighted by Crippen LogP contribution is -2.36. The number of ketones is 1. The average molecular weight is 508 g/mol. The van der Waals surface area contributed by atoms with Crippen LogP contribution in [0.1, 0.15) is 62.1 Å². The third-order valence-corrected chi connectivity index (χ3v) is 7.12. The van der Waals surface area contributed by atoms with Crippen molar-refractivity contribution in [2.75, 3.05) is 0 Å². The summed E-state index contributed by atoms with van der Waals surface area (Å²) in [6.07, 6.45) is 1.02.